The second-order valence-corrected chi connectivity index (χ2v) is 3.86. The fourth-order valence-corrected chi connectivity index (χ4v) is 2.20. The summed E-state index contributed by atoms with van der Waals surface area (Å²) in [5.74, 6) is 0.822. The summed E-state index contributed by atoms with van der Waals surface area (Å²) in [6.45, 7) is 4.81. The van der Waals surface area contributed by atoms with Gasteiger partial charge in [0, 0.05) is 6.61 Å². The predicted octanol–water partition coefficient (Wildman–Crippen LogP) is 2.59. The molecule has 0 aromatic heterocycles. The molecule has 0 saturated heterocycles. The minimum Gasteiger partial charge on any atom is -0.396 e. The molecule has 0 unspecified atom stereocenters. The second-order valence-electron chi connectivity index (χ2n) is 3.86. The van der Waals surface area contributed by atoms with Crippen LogP contribution in [0.1, 0.15) is 46.0 Å². The first-order valence-corrected chi connectivity index (χ1v) is 4.90. The molecule has 1 nitrogen and oxygen atoms in total. The summed E-state index contributed by atoms with van der Waals surface area (Å²) in [5, 5.41) is 9.31. The van der Waals surface area contributed by atoms with Gasteiger partial charge in [0.25, 0.3) is 0 Å². The van der Waals surface area contributed by atoms with E-state index in [-0.39, 0.29) is 5.41 Å². The van der Waals surface area contributed by atoms with Gasteiger partial charge in [0.2, 0.25) is 0 Å². The molecule has 1 heteroatoms. The number of aliphatic hydroxyl groups is 1. The minimum absolute atomic E-state index is 0.276. The quantitative estimate of drug-likeness (QED) is 0.663. The van der Waals surface area contributed by atoms with Gasteiger partial charge in [-0.25, -0.2) is 0 Å². The van der Waals surface area contributed by atoms with Crippen molar-refractivity contribution < 1.29 is 5.11 Å². The van der Waals surface area contributed by atoms with E-state index in [0.29, 0.717) is 6.61 Å². The Hall–Kier alpha value is -0.0400. The molecule has 0 aliphatic heterocycles. The highest BCUT2D eigenvalue weighted by Crippen LogP contribution is 2.46. The third kappa shape index (κ3) is 1.44. The fraction of sp³-hybridized carbons (Fsp3) is 1.00. The maximum absolute atomic E-state index is 9.31. The molecule has 11 heavy (non-hydrogen) atoms. The monoisotopic (exact) mass is 156 g/mol. The number of hydrogen-bond donors (Lipinski definition) is 1. The van der Waals surface area contributed by atoms with Crippen molar-refractivity contribution in [2.75, 3.05) is 6.61 Å². The van der Waals surface area contributed by atoms with Gasteiger partial charge in [-0.2, -0.15) is 0 Å². The molecule has 0 amide bonds. The highest BCUT2D eigenvalue weighted by molar-refractivity contribution is 4.88. The predicted molar refractivity (Wildman–Crippen MR) is 47.4 cm³/mol. The lowest BCUT2D eigenvalue weighted by Crippen LogP contribution is -2.37. The Labute approximate surface area is 69.8 Å². The molecule has 1 aliphatic carbocycles. The van der Waals surface area contributed by atoms with Crippen LogP contribution in [0.5, 0.6) is 0 Å². The zero-order valence-corrected chi connectivity index (χ0v) is 7.77. The minimum atomic E-state index is 0.276. The average Bonchev–Trinajstić information content (AvgIpc) is 1.97. The van der Waals surface area contributed by atoms with Crippen molar-refractivity contribution in [2.24, 2.45) is 11.3 Å². The summed E-state index contributed by atoms with van der Waals surface area (Å²) in [6, 6.07) is 0. The highest BCUT2D eigenvalue weighted by atomic mass is 16.3. The Bertz CT molecular complexity index is 104. The van der Waals surface area contributed by atoms with E-state index in [1.165, 1.54) is 19.3 Å². The topological polar surface area (TPSA) is 20.2 Å². The third-order valence-electron chi connectivity index (χ3n) is 3.69. The van der Waals surface area contributed by atoms with Crippen molar-refractivity contribution >= 4 is 0 Å². The molecule has 1 N–H and O–H groups in total. The zero-order valence-electron chi connectivity index (χ0n) is 7.77. The smallest absolute Gasteiger partial charge is 0.0489 e. The van der Waals surface area contributed by atoms with Crippen LogP contribution in [0.3, 0.4) is 0 Å². The maximum Gasteiger partial charge on any atom is 0.0489 e. The first-order valence-electron chi connectivity index (χ1n) is 4.90. The van der Waals surface area contributed by atoms with Gasteiger partial charge in [-0.15, -0.1) is 0 Å². The summed E-state index contributed by atoms with van der Waals surface area (Å²) < 4.78 is 0. The SMILES string of the molecule is CCC(CC)(CO)C1CCC1. The van der Waals surface area contributed by atoms with Crippen molar-refractivity contribution in [2.45, 2.75) is 46.0 Å². The van der Waals surface area contributed by atoms with Gasteiger partial charge >= 0.3 is 0 Å². The molecular formula is C10H20O. The van der Waals surface area contributed by atoms with Gasteiger partial charge in [-0.3, -0.25) is 0 Å². The van der Waals surface area contributed by atoms with Crippen molar-refractivity contribution in [3.8, 4) is 0 Å². The summed E-state index contributed by atoms with van der Waals surface area (Å²) in [7, 11) is 0. The Morgan fingerprint density at radius 2 is 1.82 bits per heavy atom. The zero-order chi connectivity index (χ0) is 8.32. The van der Waals surface area contributed by atoms with Crippen molar-refractivity contribution in [1.82, 2.24) is 0 Å². The molecule has 0 atom stereocenters. The van der Waals surface area contributed by atoms with E-state index in [4.69, 9.17) is 0 Å². The van der Waals surface area contributed by atoms with Gasteiger partial charge in [-0.1, -0.05) is 20.3 Å². The first-order chi connectivity index (χ1) is 5.29. The highest BCUT2D eigenvalue weighted by Gasteiger charge is 2.38. The molecule has 1 saturated carbocycles. The van der Waals surface area contributed by atoms with Crippen LogP contribution in [0, 0.1) is 11.3 Å². The van der Waals surface area contributed by atoms with Crippen LogP contribution in [0.4, 0.5) is 0 Å². The van der Waals surface area contributed by atoms with E-state index in [2.05, 4.69) is 13.8 Å². The summed E-state index contributed by atoms with van der Waals surface area (Å²) in [4.78, 5) is 0. The lowest BCUT2D eigenvalue weighted by molar-refractivity contribution is 0.0113. The maximum atomic E-state index is 9.31. The van der Waals surface area contributed by atoms with Crippen LogP contribution in [0.2, 0.25) is 0 Å². The fourth-order valence-electron chi connectivity index (χ4n) is 2.20. The summed E-state index contributed by atoms with van der Waals surface area (Å²) in [5.41, 5.74) is 0.276. The Morgan fingerprint density at radius 1 is 1.27 bits per heavy atom. The van der Waals surface area contributed by atoms with Crippen molar-refractivity contribution in [3.63, 3.8) is 0 Å². The first kappa shape index (κ1) is 9.05. The van der Waals surface area contributed by atoms with Gasteiger partial charge in [0.05, 0.1) is 0 Å². The van der Waals surface area contributed by atoms with Gasteiger partial charge in [0.15, 0.2) is 0 Å². The van der Waals surface area contributed by atoms with E-state index in [1.54, 1.807) is 0 Å². The molecular weight excluding hydrogens is 136 g/mol. The largest absolute Gasteiger partial charge is 0.396 e. The van der Waals surface area contributed by atoms with Crippen LogP contribution in [0.15, 0.2) is 0 Å². The molecule has 0 heterocycles. The van der Waals surface area contributed by atoms with Crippen molar-refractivity contribution in [3.05, 3.63) is 0 Å². The standard InChI is InChI=1S/C10H20O/c1-3-10(4-2,8-11)9-6-5-7-9/h9,11H,3-8H2,1-2H3. The lowest BCUT2D eigenvalue weighted by Gasteiger charge is -2.43. The Kier molecular flexibility index (Phi) is 2.94. The van der Waals surface area contributed by atoms with E-state index in [1.807, 2.05) is 0 Å². The van der Waals surface area contributed by atoms with Crippen molar-refractivity contribution in [1.29, 1.82) is 0 Å². The van der Waals surface area contributed by atoms with E-state index >= 15 is 0 Å². The molecule has 1 fully saturated rings. The molecule has 0 spiro atoms. The van der Waals surface area contributed by atoms with E-state index in [0.717, 1.165) is 18.8 Å². The van der Waals surface area contributed by atoms with E-state index in [9.17, 15) is 5.11 Å². The normalized spacial score (nSPS) is 19.9. The third-order valence-corrected chi connectivity index (χ3v) is 3.69. The number of aliphatic hydroxyl groups excluding tert-OH is 1. The molecule has 66 valence electrons. The van der Waals surface area contributed by atoms with Crippen LogP contribution >= 0.6 is 0 Å². The lowest BCUT2D eigenvalue weighted by atomic mass is 9.63. The number of hydrogen-bond acceptors (Lipinski definition) is 1. The van der Waals surface area contributed by atoms with Crippen LogP contribution < -0.4 is 0 Å². The van der Waals surface area contributed by atoms with Gasteiger partial charge in [-0.05, 0) is 37.0 Å². The second kappa shape index (κ2) is 3.57. The molecule has 1 rings (SSSR count). The van der Waals surface area contributed by atoms with Gasteiger partial charge < -0.3 is 5.11 Å². The summed E-state index contributed by atoms with van der Waals surface area (Å²) >= 11 is 0. The Morgan fingerprint density at radius 3 is 1.91 bits per heavy atom. The molecule has 0 aromatic rings. The van der Waals surface area contributed by atoms with Crippen LogP contribution in [-0.2, 0) is 0 Å². The Balaban J connectivity index is 2.54. The molecule has 0 radical (unpaired) electrons. The van der Waals surface area contributed by atoms with Crippen LogP contribution in [0.25, 0.3) is 0 Å². The molecule has 0 bridgehead atoms. The van der Waals surface area contributed by atoms with Gasteiger partial charge in [0.1, 0.15) is 0 Å². The number of rotatable bonds is 4. The summed E-state index contributed by atoms with van der Waals surface area (Å²) in [6.07, 6.45) is 6.37. The molecule has 0 aromatic carbocycles. The molecule has 1 aliphatic rings. The average molecular weight is 156 g/mol. The van der Waals surface area contributed by atoms with Crippen LogP contribution in [-0.4, -0.2) is 11.7 Å². The van der Waals surface area contributed by atoms with E-state index < -0.39 is 0 Å².